The van der Waals surface area contributed by atoms with Gasteiger partial charge in [0, 0.05) is 12.3 Å². The summed E-state index contributed by atoms with van der Waals surface area (Å²) in [6.07, 6.45) is 3.28. The highest BCUT2D eigenvalue weighted by Gasteiger charge is 1.93. The topological polar surface area (TPSA) is 50.4 Å². The van der Waals surface area contributed by atoms with Crippen molar-refractivity contribution in [3.05, 3.63) is 24.7 Å². The summed E-state index contributed by atoms with van der Waals surface area (Å²) < 4.78 is 1.72. The van der Waals surface area contributed by atoms with Crippen molar-refractivity contribution in [1.29, 1.82) is 0 Å². The molecule has 0 aromatic carbocycles. The summed E-state index contributed by atoms with van der Waals surface area (Å²) in [6.45, 7) is 0. The van der Waals surface area contributed by atoms with Crippen molar-refractivity contribution in [1.82, 2.24) is 14.6 Å². The molecule has 0 atom stereocenters. The lowest BCUT2D eigenvalue weighted by atomic mass is 10.4. The van der Waals surface area contributed by atoms with E-state index in [9.17, 15) is 0 Å². The summed E-state index contributed by atoms with van der Waals surface area (Å²) in [5, 5.41) is 16.3. The van der Waals surface area contributed by atoms with Gasteiger partial charge in [-0.1, -0.05) is 0 Å². The van der Waals surface area contributed by atoms with E-state index in [1.54, 1.807) is 29.1 Å². The molecule has 50 valence electrons. The van der Waals surface area contributed by atoms with E-state index >= 15 is 0 Å². The predicted octanol–water partition coefficient (Wildman–Crippen LogP) is 0.435. The van der Waals surface area contributed by atoms with Gasteiger partial charge >= 0.3 is 0 Å². The Labute approximate surface area is 56.8 Å². The highest BCUT2D eigenvalue weighted by atomic mass is 16.3. The molecule has 0 aliphatic rings. The molecule has 4 nitrogen and oxygen atoms in total. The summed E-state index contributed by atoms with van der Waals surface area (Å²) in [7, 11) is 0. The minimum Gasteiger partial charge on any atom is -0.508 e. The highest BCUT2D eigenvalue weighted by Crippen LogP contribution is 2.08. The molecule has 4 heteroatoms. The molecule has 0 radical (unpaired) electrons. The van der Waals surface area contributed by atoms with Crippen molar-refractivity contribution in [2.75, 3.05) is 0 Å². The van der Waals surface area contributed by atoms with E-state index in [0.717, 1.165) is 0 Å². The summed E-state index contributed by atoms with van der Waals surface area (Å²) in [4.78, 5) is 0. The van der Waals surface area contributed by atoms with E-state index in [0.29, 0.717) is 5.65 Å². The fourth-order valence-electron chi connectivity index (χ4n) is 0.807. The van der Waals surface area contributed by atoms with Crippen molar-refractivity contribution in [3.8, 4) is 5.75 Å². The van der Waals surface area contributed by atoms with Crippen LogP contribution >= 0.6 is 0 Å². The third-order valence-corrected chi connectivity index (χ3v) is 1.28. The third kappa shape index (κ3) is 0.621. The van der Waals surface area contributed by atoms with Crippen molar-refractivity contribution >= 4 is 5.65 Å². The van der Waals surface area contributed by atoms with Gasteiger partial charge in [-0.2, -0.15) is 0 Å². The number of hydrogen-bond donors (Lipinski definition) is 1. The van der Waals surface area contributed by atoms with Crippen molar-refractivity contribution in [2.45, 2.75) is 0 Å². The highest BCUT2D eigenvalue weighted by molar-refractivity contribution is 5.41. The van der Waals surface area contributed by atoms with Crippen LogP contribution in [0.5, 0.6) is 5.75 Å². The number of fused-ring (bicyclic) bond motifs is 1. The van der Waals surface area contributed by atoms with Gasteiger partial charge in [-0.25, -0.2) is 0 Å². The van der Waals surface area contributed by atoms with Crippen molar-refractivity contribution in [2.24, 2.45) is 0 Å². The maximum absolute atomic E-state index is 8.97. The summed E-state index contributed by atoms with van der Waals surface area (Å²) in [5.74, 6) is 0.209. The van der Waals surface area contributed by atoms with Crippen molar-refractivity contribution in [3.63, 3.8) is 0 Å². The van der Waals surface area contributed by atoms with Crippen molar-refractivity contribution < 1.29 is 5.11 Å². The SMILES string of the molecule is Oc1ccn2cnnc2c1. The maximum Gasteiger partial charge on any atom is 0.164 e. The minimum atomic E-state index is 0.209. The van der Waals surface area contributed by atoms with Crippen LogP contribution in [0, 0.1) is 0 Å². The Hall–Kier alpha value is -1.58. The molecular weight excluding hydrogens is 130 g/mol. The molecule has 0 unspecified atom stereocenters. The van der Waals surface area contributed by atoms with Crippen LogP contribution in [0.4, 0.5) is 0 Å². The lowest BCUT2D eigenvalue weighted by Gasteiger charge is -1.90. The van der Waals surface area contributed by atoms with Gasteiger partial charge < -0.3 is 5.11 Å². The zero-order valence-corrected chi connectivity index (χ0v) is 5.10. The number of pyridine rings is 1. The second-order valence-corrected chi connectivity index (χ2v) is 1.98. The molecular formula is C6H5N3O. The first-order valence-corrected chi connectivity index (χ1v) is 2.84. The first-order chi connectivity index (χ1) is 4.86. The molecule has 0 saturated heterocycles. The monoisotopic (exact) mass is 135 g/mol. The van der Waals surface area contributed by atoms with Gasteiger partial charge in [0.2, 0.25) is 0 Å². The fraction of sp³-hybridized carbons (Fsp3) is 0. The summed E-state index contributed by atoms with van der Waals surface area (Å²) >= 11 is 0. The average Bonchev–Trinajstić information content (AvgIpc) is 2.33. The third-order valence-electron chi connectivity index (χ3n) is 1.28. The van der Waals surface area contributed by atoms with E-state index in [1.165, 1.54) is 0 Å². The molecule has 0 saturated carbocycles. The standard InChI is InChI=1S/C6H5N3O/c10-5-1-2-9-4-7-8-6(9)3-5/h1-4,10H. The van der Waals surface area contributed by atoms with Crippen LogP contribution < -0.4 is 0 Å². The zero-order valence-electron chi connectivity index (χ0n) is 5.10. The molecule has 2 rings (SSSR count). The molecule has 0 amide bonds. The largest absolute Gasteiger partial charge is 0.508 e. The zero-order chi connectivity index (χ0) is 6.97. The van der Waals surface area contributed by atoms with Crippen LogP contribution in [-0.2, 0) is 0 Å². The second-order valence-electron chi connectivity index (χ2n) is 1.98. The molecule has 2 aromatic heterocycles. The van der Waals surface area contributed by atoms with E-state index in [2.05, 4.69) is 10.2 Å². The number of aromatic hydroxyl groups is 1. The molecule has 0 bridgehead atoms. The van der Waals surface area contributed by atoms with Crippen LogP contribution in [0.3, 0.4) is 0 Å². The van der Waals surface area contributed by atoms with Crippen LogP contribution in [0.2, 0.25) is 0 Å². The van der Waals surface area contributed by atoms with Crippen LogP contribution in [-0.4, -0.2) is 19.7 Å². The molecule has 0 fully saturated rings. The normalized spacial score (nSPS) is 10.4. The van der Waals surface area contributed by atoms with Gasteiger partial charge in [0.25, 0.3) is 0 Å². The lowest BCUT2D eigenvalue weighted by Crippen LogP contribution is -1.79. The number of rotatable bonds is 0. The van der Waals surface area contributed by atoms with Crippen LogP contribution in [0.15, 0.2) is 24.7 Å². The van der Waals surface area contributed by atoms with Gasteiger partial charge in [-0.05, 0) is 6.07 Å². The Morgan fingerprint density at radius 2 is 2.40 bits per heavy atom. The smallest absolute Gasteiger partial charge is 0.164 e. The Morgan fingerprint density at radius 3 is 3.30 bits per heavy atom. The molecule has 0 aliphatic heterocycles. The molecule has 0 spiro atoms. The van der Waals surface area contributed by atoms with E-state index in [-0.39, 0.29) is 5.75 Å². The van der Waals surface area contributed by atoms with Crippen LogP contribution in [0.25, 0.3) is 5.65 Å². The number of nitrogens with zero attached hydrogens (tertiary/aromatic N) is 3. The average molecular weight is 135 g/mol. The van der Waals surface area contributed by atoms with Gasteiger partial charge in [0.1, 0.15) is 12.1 Å². The Bertz CT molecular complexity index is 355. The van der Waals surface area contributed by atoms with Gasteiger partial charge in [-0.3, -0.25) is 4.40 Å². The molecule has 1 N–H and O–H groups in total. The summed E-state index contributed by atoms with van der Waals surface area (Å²) in [6, 6.07) is 3.13. The molecule has 2 heterocycles. The molecule has 2 aromatic rings. The fourth-order valence-corrected chi connectivity index (χ4v) is 0.807. The second kappa shape index (κ2) is 1.70. The summed E-state index contributed by atoms with van der Waals surface area (Å²) in [5.41, 5.74) is 0.653. The first kappa shape index (κ1) is 5.22. The Balaban J connectivity index is 2.86. The van der Waals surface area contributed by atoms with Gasteiger partial charge in [0.15, 0.2) is 5.65 Å². The van der Waals surface area contributed by atoms with Gasteiger partial charge in [0.05, 0.1) is 0 Å². The number of aromatic nitrogens is 3. The first-order valence-electron chi connectivity index (χ1n) is 2.84. The number of hydrogen-bond acceptors (Lipinski definition) is 3. The lowest BCUT2D eigenvalue weighted by molar-refractivity contribution is 0.475. The van der Waals surface area contributed by atoms with Gasteiger partial charge in [-0.15, -0.1) is 10.2 Å². The quantitative estimate of drug-likeness (QED) is 0.570. The molecule has 0 aliphatic carbocycles. The predicted molar refractivity (Wildman–Crippen MR) is 34.7 cm³/mol. The Morgan fingerprint density at radius 1 is 1.50 bits per heavy atom. The minimum absolute atomic E-state index is 0.209. The van der Waals surface area contributed by atoms with Crippen LogP contribution in [0.1, 0.15) is 0 Å². The van der Waals surface area contributed by atoms with E-state index in [4.69, 9.17) is 5.11 Å². The van der Waals surface area contributed by atoms with E-state index < -0.39 is 0 Å². The Kier molecular flexibility index (Phi) is 0.887. The van der Waals surface area contributed by atoms with E-state index in [1.807, 2.05) is 0 Å². The molecule has 10 heavy (non-hydrogen) atoms. The maximum atomic E-state index is 8.97.